The molecule has 7 heteroatoms. The predicted octanol–water partition coefficient (Wildman–Crippen LogP) is 6.29. The number of nitrogens with one attached hydrogen (secondary N) is 1. The number of fused-ring (bicyclic) bond motifs is 3. The van der Waals surface area contributed by atoms with Crippen molar-refractivity contribution < 1.29 is 13.9 Å². The SMILES string of the molecule is Nc1cccc(C2(c3cccc(F)c3)CSC(NC(=O)OCC3c4ccccc4-c4ccccc43)=N2)c1. The zero-order chi connectivity index (χ0) is 25.4. The van der Waals surface area contributed by atoms with Gasteiger partial charge in [-0.15, -0.1) is 0 Å². The van der Waals surface area contributed by atoms with Gasteiger partial charge in [0, 0.05) is 17.4 Å². The number of hydrogen-bond acceptors (Lipinski definition) is 5. The predicted molar refractivity (Wildman–Crippen MR) is 146 cm³/mol. The monoisotopic (exact) mass is 509 g/mol. The minimum Gasteiger partial charge on any atom is -0.448 e. The molecule has 1 atom stereocenters. The molecule has 37 heavy (non-hydrogen) atoms. The topological polar surface area (TPSA) is 76.7 Å². The van der Waals surface area contributed by atoms with E-state index >= 15 is 0 Å². The lowest BCUT2D eigenvalue weighted by Crippen LogP contribution is -2.30. The number of alkyl carbamates (subject to hydrolysis) is 1. The Bertz CT molecular complexity index is 1450. The largest absolute Gasteiger partial charge is 0.448 e. The number of nitrogens with zero attached hydrogens (tertiary/aromatic N) is 1. The summed E-state index contributed by atoms with van der Waals surface area (Å²) in [6, 6.07) is 30.2. The van der Waals surface area contributed by atoms with Gasteiger partial charge >= 0.3 is 6.09 Å². The van der Waals surface area contributed by atoms with Crippen molar-refractivity contribution in [3.8, 4) is 11.1 Å². The van der Waals surface area contributed by atoms with Gasteiger partial charge in [-0.2, -0.15) is 0 Å². The Morgan fingerprint density at radius 3 is 2.27 bits per heavy atom. The Labute approximate surface area is 218 Å². The molecule has 1 aliphatic carbocycles. The summed E-state index contributed by atoms with van der Waals surface area (Å²) in [6.07, 6.45) is -0.573. The number of thioether (sulfide) groups is 1. The van der Waals surface area contributed by atoms with Crippen molar-refractivity contribution in [3.63, 3.8) is 0 Å². The van der Waals surface area contributed by atoms with Crippen LogP contribution in [0.25, 0.3) is 11.1 Å². The van der Waals surface area contributed by atoms with Crippen LogP contribution in [0.15, 0.2) is 102 Å². The van der Waals surface area contributed by atoms with Gasteiger partial charge in [-0.3, -0.25) is 5.32 Å². The maximum Gasteiger partial charge on any atom is 0.413 e. The Kier molecular flexibility index (Phi) is 5.93. The Hall–Kier alpha value is -4.10. The van der Waals surface area contributed by atoms with Crippen LogP contribution in [0.5, 0.6) is 0 Å². The molecule has 1 heterocycles. The van der Waals surface area contributed by atoms with Crippen LogP contribution in [0.3, 0.4) is 0 Å². The van der Waals surface area contributed by atoms with Crippen LogP contribution < -0.4 is 11.1 Å². The minimum atomic E-state index is -0.881. The molecular formula is C30H24FN3O2S. The Morgan fingerprint density at radius 2 is 1.59 bits per heavy atom. The van der Waals surface area contributed by atoms with E-state index in [0.29, 0.717) is 22.2 Å². The maximum absolute atomic E-state index is 14.2. The minimum absolute atomic E-state index is 0.0324. The summed E-state index contributed by atoms with van der Waals surface area (Å²) in [7, 11) is 0. The molecule has 5 nitrogen and oxygen atoms in total. The third-order valence-corrected chi connectivity index (χ3v) is 7.96. The van der Waals surface area contributed by atoms with E-state index < -0.39 is 11.6 Å². The van der Waals surface area contributed by atoms with Gasteiger partial charge in [0.15, 0.2) is 5.17 Å². The molecule has 0 saturated heterocycles. The molecular weight excluding hydrogens is 485 g/mol. The molecule has 1 aliphatic heterocycles. The van der Waals surface area contributed by atoms with Gasteiger partial charge in [0.25, 0.3) is 0 Å². The standard InChI is InChI=1S/C30H24FN3O2S/c31-21-9-5-7-19(15-21)30(20-8-6-10-22(32)16-20)18-37-28(34-30)33-29(35)36-17-27-25-13-3-1-11-23(25)24-12-2-4-14-26(24)27/h1-16,27H,17-18,32H2,(H,33,34,35). The number of nitrogens with two attached hydrogens (primary N) is 1. The first-order valence-corrected chi connectivity index (χ1v) is 13.0. The maximum atomic E-state index is 14.2. The molecule has 3 N–H and O–H groups in total. The van der Waals surface area contributed by atoms with Crippen LogP contribution in [0, 0.1) is 5.82 Å². The van der Waals surface area contributed by atoms with Crippen molar-refractivity contribution in [1.29, 1.82) is 0 Å². The van der Waals surface area contributed by atoms with Crippen molar-refractivity contribution in [2.45, 2.75) is 11.5 Å². The van der Waals surface area contributed by atoms with Gasteiger partial charge in [0.1, 0.15) is 18.0 Å². The highest BCUT2D eigenvalue weighted by Crippen LogP contribution is 2.45. The highest BCUT2D eigenvalue weighted by molar-refractivity contribution is 8.14. The van der Waals surface area contributed by atoms with Gasteiger partial charge in [-0.1, -0.05) is 84.6 Å². The zero-order valence-corrected chi connectivity index (χ0v) is 20.7. The average molecular weight is 510 g/mol. The number of amides is 1. The van der Waals surface area contributed by atoms with Crippen LogP contribution in [-0.4, -0.2) is 23.6 Å². The lowest BCUT2D eigenvalue weighted by Gasteiger charge is -2.27. The fraction of sp³-hybridized carbons (Fsp3) is 0.133. The first-order chi connectivity index (χ1) is 18.0. The van der Waals surface area contributed by atoms with Crippen molar-refractivity contribution in [3.05, 3.63) is 125 Å². The molecule has 184 valence electrons. The molecule has 0 aromatic heterocycles. The van der Waals surface area contributed by atoms with E-state index in [1.807, 2.05) is 48.5 Å². The van der Waals surface area contributed by atoms with Crippen LogP contribution in [0.4, 0.5) is 14.9 Å². The normalized spacial score (nSPS) is 18.1. The molecule has 1 amide bonds. The number of carbonyl (C=O) groups excluding carboxylic acids is 1. The van der Waals surface area contributed by atoms with Crippen molar-refractivity contribution in [2.24, 2.45) is 4.99 Å². The molecule has 6 rings (SSSR count). The molecule has 4 aromatic rings. The third kappa shape index (κ3) is 4.25. The van der Waals surface area contributed by atoms with Crippen molar-refractivity contribution >= 4 is 28.7 Å². The third-order valence-electron chi connectivity index (χ3n) is 6.93. The quantitative estimate of drug-likeness (QED) is 0.317. The van der Waals surface area contributed by atoms with Crippen LogP contribution in [-0.2, 0) is 10.3 Å². The molecule has 0 spiro atoms. The summed E-state index contributed by atoms with van der Waals surface area (Å²) in [5.41, 5.74) is 11.9. The number of amidine groups is 1. The average Bonchev–Trinajstić information content (AvgIpc) is 3.48. The van der Waals surface area contributed by atoms with Crippen molar-refractivity contribution in [2.75, 3.05) is 18.1 Å². The molecule has 0 saturated carbocycles. The van der Waals surface area contributed by atoms with E-state index in [0.717, 1.165) is 16.7 Å². The molecule has 0 bridgehead atoms. The molecule has 0 fully saturated rings. The number of aliphatic imine (C=N–C) groups is 1. The fourth-order valence-corrected chi connectivity index (χ4v) is 6.32. The lowest BCUT2D eigenvalue weighted by atomic mass is 9.85. The number of benzene rings is 4. The summed E-state index contributed by atoms with van der Waals surface area (Å²) in [4.78, 5) is 17.7. The highest BCUT2D eigenvalue weighted by atomic mass is 32.2. The fourth-order valence-electron chi connectivity index (χ4n) is 5.20. The lowest BCUT2D eigenvalue weighted by molar-refractivity contribution is 0.148. The number of rotatable bonds is 4. The van der Waals surface area contributed by atoms with E-state index in [1.165, 1.54) is 35.0 Å². The van der Waals surface area contributed by atoms with Crippen LogP contribution >= 0.6 is 11.8 Å². The second-order valence-corrected chi connectivity index (χ2v) is 10.1. The van der Waals surface area contributed by atoms with Gasteiger partial charge in [-0.05, 0) is 57.6 Å². The van der Waals surface area contributed by atoms with Crippen molar-refractivity contribution in [1.82, 2.24) is 5.32 Å². The van der Waals surface area contributed by atoms with E-state index in [9.17, 15) is 9.18 Å². The number of nitrogen functional groups attached to an aromatic ring is 1. The van der Waals surface area contributed by atoms with Gasteiger partial charge < -0.3 is 10.5 Å². The number of anilines is 1. The summed E-state index contributed by atoms with van der Waals surface area (Å²) in [5.74, 6) is 0.104. The molecule has 2 aliphatic rings. The summed E-state index contributed by atoms with van der Waals surface area (Å²) in [5, 5.41) is 3.22. The zero-order valence-electron chi connectivity index (χ0n) is 19.9. The van der Waals surface area contributed by atoms with Gasteiger partial charge in [0.2, 0.25) is 0 Å². The molecule has 0 radical (unpaired) electrons. The molecule has 4 aromatic carbocycles. The number of carbonyl (C=O) groups is 1. The second kappa shape index (κ2) is 9.41. The number of ether oxygens (including phenoxy) is 1. The van der Waals surface area contributed by atoms with Crippen LogP contribution in [0.1, 0.15) is 28.2 Å². The van der Waals surface area contributed by atoms with Gasteiger partial charge in [0.05, 0.1) is 0 Å². The Morgan fingerprint density at radius 1 is 0.946 bits per heavy atom. The summed E-state index contributed by atoms with van der Waals surface area (Å²) in [6.45, 7) is 0.210. The summed E-state index contributed by atoms with van der Waals surface area (Å²) >= 11 is 1.39. The second-order valence-electron chi connectivity index (χ2n) is 9.15. The number of halogens is 1. The highest BCUT2D eigenvalue weighted by Gasteiger charge is 2.40. The van der Waals surface area contributed by atoms with Crippen LogP contribution in [0.2, 0.25) is 0 Å². The molecule has 1 unspecified atom stereocenters. The van der Waals surface area contributed by atoms with E-state index in [2.05, 4.69) is 29.6 Å². The van der Waals surface area contributed by atoms with E-state index in [1.54, 1.807) is 12.1 Å². The number of hydrogen-bond donors (Lipinski definition) is 2. The van der Waals surface area contributed by atoms with Gasteiger partial charge in [-0.25, -0.2) is 14.2 Å². The Balaban J connectivity index is 1.23. The van der Waals surface area contributed by atoms with E-state index in [4.69, 9.17) is 15.5 Å². The summed E-state index contributed by atoms with van der Waals surface area (Å²) < 4.78 is 19.9. The first-order valence-electron chi connectivity index (χ1n) is 12.0. The first kappa shape index (κ1) is 23.3. The smallest absolute Gasteiger partial charge is 0.413 e. The van der Waals surface area contributed by atoms with E-state index in [-0.39, 0.29) is 18.3 Å².